The number of carboxylic acids is 1. The highest BCUT2D eigenvalue weighted by atomic mass is 35.5. The first-order valence-corrected chi connectivity index (χ1v) is 6.87. The Kier molecular flexibility index (Phi) is 5.69. The summed E-state index contributed by atoms with van der Waals surface area (Å²) >= 11 is 6.44. The molecule has 1 unspecified atom stereocenters. The van der Waals surface area contributed by atoms with Crippen molar-refractivity contribution in [3.63, 3.8) is 0 Å². The summed E-state index contributed by atoms with van der Waals surface area (Å²) in [5, 5.41) is 9.65. The van der Waals surface area contributed by atoms with Crippen LogP contribution < -0.4 is 9.47 Å². The molecule has 0 heterocycles. The molecule has 0 saturated carbocycles. The van der Waals surface area contributed by atoms with Crippen LogP contribution in [0.3, 0.4) is 0 Å². The Morgan fingerprint density at radius 2 is 1.90 bits per heavy atom. The van der Waals surface area contributed by atoms with Crippen LogP contribution in [0.4, 0.5) is 0 Å². The summed E-state index contributed by atoms with van der Waals surface area (Å²) in [7, 11) is 3.08. The van der Waals surface area contributed by atoms with E-state index < -0.39 is 11.9 Å². The second-order valence-corrected chi connectivity index (χ2v) is 5.47. The van der Waals surface area contributed by atoms with E-state index in [4.69, 9.17) is 26.2 Å². The second-order valence-electron chi connectivity index (χ2n) is 5.09. The zero-order chi connectivity index (χ0) is 15.4. The Hall–Kier alpha value is -1.42. The molecule has 0 aliphatic heterocycles. The maximum absolute atomic E-state index is 11.1. The van der Waals surface area contributed by atoms with Gasteiger partial charge in [0, 0.05) is 5.56 Å². The lowest BCUT2D eigenvalue weighted by Gasteiger charge is -2.20. The summed E-state index contributed by atoms with van der Waals surface area (Å²) in [6, 6.07) is 1.85. The van der Waals surface area contributed by atoms with Crippen molar-refractivity contribution in [2.75, 3.05) is 14.2 Å². The molecule has 0 radical (unpaired) electrons. The summed E-state index contributed by atoms with van der Waals surface area (Å²) in [6.45, 7) is 5.70. The Morgan fingerprint density at radius 1 is 1.30 bits per heavy atom. The fourth-order valence-electron chi connectivity index (χ4n) is 2.06. The number of methoxy groups -OCH3 is 2. The van der Waals surface area contributed by atoms with Crippen LogP contribution in [0.2, 0.25) is 5.02 Å². The first-order valence-electron chi connectivity index (χ1n) is 6.49. The lowest BCUT2D eigenvalue weighted by molar-refractivity contribution is -0.141. The minimum absolute atomic E-state index is 0.209. The van der Waals surface area contributed by atoms with Crippen molar-refractivity contribution in [1.29, 1.82) is 0 Å². The quantitative estimate of drug-likeness (QED) is 0.869. The first-order chi connectivity index (χ1) is 9.33. The van der Waals surface area contributed by atoms with E-state index in [1.54, 1.807) is 14.0 Å². The van der Waals surface area contributed by atoms with Crippen molar-refractivity contribution < 1.29 is 19.4 Å². The van der Waals surface area contributed by atoms with Crippen LogP contribution in [0.5, 0.6) is 11.5 Å². The molecule has 0 bridgehead atoms. The maximum atomic E-state index is 11.1. The van der Waals surface area contributed by atoms with Gasteiger partial charge in [-0.05, 0) is 24.0 Å². The number of carboxylic acid groups (broad SMARTS) is 1. The third-order valence-electron chi connectivity index (χ3n) is 3.28. The number of halogens is 1. The highest BCUT2D eigenvalue weighted by molar-refractivity contribution is 6.32. The van der Waals surface area contributed by atoms with Crippen molar-refractivity contribution >= 4 is 17.6 Å². The number of aliphatic carboxylic acids is 1. The summed E-state index contributed by atoms with van der Waals surface area (Å²) in [6.07, 6.45) is 0.300. The molecule has 0 aromatic heterocycles. The first kappa shape index (κ1) is 16.6. The average Bonchev–Trinajstić information content (AvgIpc) is 2.39. The molecule has 20 heavy (non-hydrogen) atoms. The summed E-state index contributed by atoms with van der Waals surface area (Å²) in [5.41, 5.74) is 1.61. The lowest BCUT2D eigenvalue weighted by atomic mass is 9.94. The molecule has 1 atom stereocenters. The van der Waals surface area contributed by atoms with Gasteiger partial charge in [-0.25, -0.2) is 0 Å². The van der Waals surface area contributed by atoms with Crippen LogP contribution in [-0.4, -0.2) is 25.3 Å². The van der Waals surface area contributed by atoms with Gasteiger partial charge in [-0.1, -0.05) is 32.4 Å². The topological polar surface area (TPSA) is 55.8 Å². The molecule has 1 rings (SSSR count). The maximum Gasteiger partial charge on any atom is 0.306 e. The monoisotopic (exact) mass is 300 g/mol. The van der Waals surface area contributed by atoms with E-state index in [1.807, 2.05) is 19.9 Å². The Bertz CT molecular complexity index is 497. The standard InChI is InChI=1S/C15H21ClO4/c1-8(2)10-7-12(19-4)14(20-5)11(13(10)16)6-9(3)15(17)18/h7-9H,6H2,1-5H3,(H,17,18). The third-order valence-corrected chi connectivity index (χ3v) is 3.73. The van der Waals surface area contributed by atoms with E-state index in [0.29, 0.717) is 28.5 Å². The molecular weight excluding hydrogens is 280 g/mol. The van der Waals surface area contributed by atoms with Crippen LogP contribution in [0.15, 0.2) is 6.07 Å². The summed E-state index contributed by atoms with van der Waals surface area (Å²) in [5.74, 6) is -0.116. The molecule has 112 valence electrons. The lowest BCUT2D eigenvalue weighted by Crippen LogP contribution is -2.14. The molecule has 0 aliphatic carbocycles. The van der Waals surface area contributed by atoms with E-state index in [-0.39, 0.29) is 5.92 Å². The van der Waals surface area contributed by atoms with Gasteiger partial charge in [0.2, 0.25) is 0 Å². The van der Waals surface area contributed by atoms with Crippen LogP contribution in [-0.2, 0) is 11.2 Å². The molecule has 0 saturated heterocycles. The van der Waals surface area contributed by atoms with Gasteiger partial charge >= 0.3 is 5.97 Å². The number of ether oxygens (including phenoxy) is 2. The smallest absolute Gasteiger partial charge is 0.306 e. The molecule has 1 aromatic carbocycles. The summed E-state index contributed by atoms with van der Waals surface area (Å²) in [4.78, 5) is 11.1. The highest BCUT2D eigenvalue weighted by Crippen LogP contribution is 2.42. The number of rotatable bonds is 6. The number of hydrogen-bond donors (Lipinski definition) is 1. The zero-order valence-corrected chi connectivity index (χ0v) is 13.2. The minimum atomic E-state index is -0.864. The van der Waals surface area contributed by atoms with E-state index >= 15 is 0 Å². The molecular formula is C15H21ClO4. The number of hydrogen-bond acceptors (Lipinski definition) is 3. The third kappa shape index (κ3) is 3.37. The van der Waals surface area contributed by atoms with Gasteiger partial charge in [0.15, 0.2) is 11.5 Å². The molecule has 5 heteroatoms. The van der Waals surface area contributed by atoms with Gasteiger partial charge in [-0.3, -0.25) is 4.79 Å². The number of carbonyl (C=O) groups is 1. The van der Waals surface area contributed by atoms with E-state index in [1.165, 1.54) is 7.11 Å². The fourth-order valence-corrected chi connectivity index (χ4v) is 2.50. The van der Waals surface area contributed by atoms with E-state index in [0.717, 1.165) is 5.56 Å². The predicted molar refractivity (Wildman–Crippen MR) is 79.1 cm³/mol. The Balaban J connectivity index is 3.44. The van der Waals surface area contributed by atoms with Crippen molar-refractivity contribution in [1.82, 2.24) is 0 Å². The molecule has 0 amide bonds. The minimum Gasteiger partial charge on any atom is -0.493 e. The summed E-state index contributed by atoms with van der Waals surface area (Å²) < 4.78 is 10.7. The van der Waals surface area contributed by atoms with Crippen LogP contribution in [0.1, 0.15) is 37.8 Å². The molecule has 0 spiro atoms. The molecule has 0 aliphatic rings. The van der Waals surface area contributed by atoms with Crippen molar-refractivity contribution in [2.45, 2.75) is 33.1 Å². The molecule has 0 fully saturated rings. The average molecular weight is 301 g/mol. The van der Waals surface area contributed by atoms with E-state index in [9.17, 15) is 4.79 Å². The zero-order valence-electron chi connectivity index (χ0n) is 12.5. The Labute approximate surface area is 124 Å². The Morgan fingerprint density at radius 3 is 2.30 bits per heavy atom. The number of benzene rings is 1. The largest absolute Gasteiger partial charge is 0.493 e. The second kappa shape index (κ2) is 6.84. The molecule has 4 nitrogen and oxygen atoms in total. The highest BCUT2D eigenvalue weighted by Gasteiger charge is 2.23. The SMILES string of the molecule is COc1cc(C(C)C)c(Cl)c(CC(C)C(=O)O)c1OC. The van der Waals surface area contributed by atoms with Crippen molar-refractivity contribution in [2.24, 2.45) is 5.92 Å². The van der Waals surface area contributed by atoms with Gasteiger partial charge in [0.25, 0.3) is 0 Å². The normalized spacial score (nSPS) is 12.3. The van der Waals surface area contributed by atoms with Crippen LogP contribution in [0, 0.1) is 5.92 Å². The van der Waals surface area contributed by atoms with Gasteiger partial charge < -0.3 is 14.6 Å². The van der Waals surface area contributed by atoms with Crippen LogP contribution in [0.25, 0.3) is 0 Å². The van der Waals surface area contributed by atoms with Gasteiger partial charge in [-0.2, -0.15) is 0 Å². The van der Waals surface area contributed by atoms with Gasteiger partial charge in [-0.15, -0.1) is 0 Å². The predicted octanol–water partition coefficient (Wildman–Crippen LogP) is 3.74. The molecule has 1 N–H and O–H groups in total. The van der Waals surface area contributed by atoms with Crippen molar-refractivity contribution in [3.05, 3.63) is 22.2 Å². The van der Waals surface area contributed by atoms with Gasteiger partial charge in [0.05, 0.1) is 25.2 Å². The van der Waals surface area contributed by atoms with Crippen molar-refractivity contribution in [3.8, 4) is 11.5 Å². The fraction of sp³-hybridized carbons (Fsp3) is 0.533. The van der Waals surface area contributed by atoms with E-state index in [2.05, 4.69) is 0 Å². The van der Waals surface area contributed by atoms with Crippen LogP contribution >= 0.6 is 11.6 Å². The molecule has 1 aromatic rings. The van der Waals surface area contributed by atoms with Gasteiger partial charge in [0.1, 0.15) is 0 Å².